The first-order valence-corrected chi connectivity index (χ1v) is 11.2. The molecular formula is C23H28ClN5O4. The number of hydrogen-bond donors (Lipinski definition) is 3. The van der Waals surface area contributed by atoms with E-state index in [1.807, 2.05) is 26.0 Å². The third-order valence-electron chi connectivity index (χ3n) is 5.31. The predicted molar refractivity (Wildman–Crippen MR) is 126 cm³/mol. The van der Waals surface area contributed by atoms with E-state index in [2.05, 4.69) is 15.8 Å². The van der Waals surface area contributed by atoms with E-state index >= 15 is 0 Å². The molecule has 3 aromatic rings. The average molecular weight is 474 g/mol. The van der Waals surface area contributed by atoms with Crippen molar-refractivity contribution in [3.63, 3.8) is 0 Å². The van der Waals surface area contributed by atoms with Gasteiger partial charge in [0, 0.05) is 29.8 Å². The summed E-state index contributed by atoms with van der Waals surface area (Å²) in [6.45, 7) is 5.65. The molecule has 9 nitrogen and oxygen atoms in total. The topological polar surface area (TPSA) is 115 Å². The average Bonchev–Trinajstić information content (AvgIpc) is 3.41. The number of aliphatic hydroxyl groups excluding tert-OH is 1. The summed E-state index contributed by atoms with van der Waals surface area (Å²) in [5.74, 6) is 2.37. The number of nitrogens with one attached hydrogen (secondary N) is 2. The minimum atomic E-state index is -0.638. The van der Waals surface area contributed by atoms with Gasteiger partial charge in [0.1, 0.15) is 30.0 Å². The zero-order chi connectivity index (χ0) is 23.4. The molecule has 10 heteroatoms. The fourth-order valence-electron chi connectivity index (χ4n) is 3.75. The Morgan fingerprint density at radius 3 is 2.79 bits per heavy atom. The van der Waals surface area contributed by atoms with Crippen LogP contribution in [0.1, 0.15) is 17.9 Å². The van der Waals surface area contributed by atoms with Crippen molar-refractivity contribution >= 4 is 17.4 Å². The van der Waals surface area contributed by atoms with Gasteiger partial charge in [0.25, 0.3) is 0 Å². The van der Waals surface area contributed by atoms with E-state index in [1.54, 1.807) is 19.2 Å². The van der Waals surface area contributed by atoms with Crippen molar-refractivity contribution in [1.29, 1.82) is 0 Å². The van der Waals surface area contributed by atoms with Gasteiger partial charge in [0.05, 0.1) is 29.6 Å². The standard InChI is InChI=1S/C23H28ClN5O4/c1-13-22(14(2)33-29-13)20-9-21(26-17-4-5-31-11-17)28-23(27-20)15-6-16(24)8-19(7-15)32-12-18(30)10-25-3/h6-9,17-18,25,30H,4-5,10-12H2,1-3H3,(H,26,27,28)/t17-,18?/m1/s1. The number of halogens is 1. The van der Waals surface area contributed by atoms with Gasteiger partial charge in [-0.15, -0.1) is 0 Å². The molecule has 1 aliphatic heterocycles. The van der Waals surface area contributed by atoms with Gasteiger partial charge in [-0.2, -0.15) is 0 Å². The molecule has 1 saturated heterocycles. The molecule has 0 aliphatic carbocycles. The lowest BCUT2D eigenvalue weighted by Gasteiger charge is -2.15. The van der Waals surface area contributed by atoms with Crippen LogP contribution < -0.4 is 15.4 Å². The van der Waals surface area contributed by atoms with Gasteiger partial charge in [0.2, 0.25) is 0 Å². The van der Waals surface area contributed by atoms with Gasteiger partial charge in [0.15, 0.2) is 5.82 Å². The second kappa shape index (κ2) is 10.5. The molecule has 1 aromatic carbocycles. The molecule has 3 heterocycles. The molecule has 33 heavy (non-hydrogen) atoms. The molecule has 0 amide bonds. The van der Waals surface area contributed by atoms with E-state index in [9.17, 15) is 5.11 Å². The summed E-state index contributed by atoms with van der Waals surface area (Å²) in [5.41, 5.74) is 2.98. The van der Waals surface area contributed by atoms with Crippen molar-refractivity contribution in [2.45, 2.75) is 32.4 Å². The molecule has 1 fully saturated rings. The minimum absolute atomic E-state index is 0.134. The molecule has 1 unspecified atom stereocenters. The molecule has 3 N–H and O–H groups in total. The first kappa shape index (κ1) is 23.4. The van der Waals surface area contributed by atoms with Crippen LogP contribution in [0.2, 0.25) is 5.02 Å². The number of ether oxygens (including phenoxy) is 2. The fraction of sp³-hybridized carbons (Fsp3) is 0.435. The van der Waals surface area contributed by atoms with Gasteiger partial charge in [-0.25, -0.2) is 9.97 Å². The van der Waals surface area contributed by atoms with Gasteiger partial charge in [-0.3, -0.25) is 0 Å². The Labute approximate surface area is 197 Å². The fourth-order valence-corrected chi connectivity index (χ4v) is 3.97. The highest BCUT2D eigenvalue weighted by molar-refractivity contribution is 6.31. The van der Waals surface area contributed by atoms with E-state index in [0.29, 0.717) is 52.6 Å². The first-order chi connectivity index (χ1) is 15.9. The normalized spacial score (nSPS) is 16.7. The number of aryl methyl sites for hydroxylation is 2. The smallest absolute Gasteiger partial charge is 0.162 e. The Balaban J connectivity index is 1.70. The van der Waals surface area contributed by atoms with Crippen LogP contribution in [0.15, 0.2) is 28.8 Å². The van der Waals surface area contributed by atoms with E-state index in [0.717, 1.165) is 24.3 Å². The lowest BCUT2D eigenvalue weighted by atomic mass is 10.1. The zero-order valence-corrected chi connectivity index (χ0v) is 19.6. The Hall–Kier alpha value is -2.72. The first-order valence-electron chi connectivity index (χ1n) is 10.9. The maximum absolute atomic E-state index is 9.95. The molecule has 176 valence electrons. The molecule has 4 rings (SSSR count). The van der Waals surface area contributed by atoms with Crippen molar-refractivity contribution in [2.75, 3.05) is 38.7 Å². The van der Waals surface area contributed by atoms with Crippen LogP contribution >= 0.6 is 11.6 Å². The highest BCUT2D eigenvalue weighted by Gasteiger charge is 2.20. The lowest BCUT2D eigenvalue weighted by Crippen LogP contribution is -2.29. The second-order valence-corrected chi connectivity index (χ2v) is 8.50. The lowest BCUT2D eigenvalue weighted by molar-refractivity contribution is 0.108. The van der Waals surface area contributed by atoms with Crippen LogP contribution in [0.5, 0.6) is 5.75 Å². The molecule has 2 aromatic heterocycles. The van der Waals surface area contributed by atoms with Crippen LogP contribution in [-0.4, -0.2) is 65.8 Å². The number of aromatic nitrogens is 3. The number of aliphatic hydroxyl groups is 1. The molecule has 0 bridgehead atoms. The third-order valence-corrected chi connectivity index (χ3v) is 5.53. The van der Waals surface area contributed by atoms with Crippen molar-refractivity contribution in [3.8, 4) is 28.4 Å². The van der Waals surface area contributed by atoms with Crippen LogP contribution in [0.4, 0.5) is 5.82 Å². The van der Waals surface area contributed by atoms with Gasteiger partial charge in [-0.05, 0) is 45.5 Å². The van der Waals surface area contributed by atoms with Crippen molar-refractivity contribution in [1.82, 2.24) is 20.4 Å². The number of anilines is 1. The predicted octanol–water partition coefficient (Wildman–Crippen LogP) is 3.23. The number of benzene rings is 1. The summed E-state index contributed by atoms with van der Waals surface area (Å²) >= 11 is 6.38. The molecule has 0 spiro atoms. The Morgan fingerprint density at radius 2 is 2.09 bits per heavy atom. The van der Waals surface area contributed by atoms with E-state index in [4.69, 9.17) is 35.6 Å². The summed E-state index contributed by atoms with van der Waals surface area (Å²) in [4.78, 5) is 9.53. The molecular weight excluding hydrogens is 446 g/mol. The number of hydrogen-bond acceptors (Lipinski definition) is 9. The summed E-state index contributed by atoms with van der Waals surface area (Å²) < 4.78 is 16.6. The third kappa shape index (κ3) is 5.80. The van der Waals surface area contributed by atoms with Crippen molar-refractivity contribution in [2.24, 2.45) is 0 Å². The van der Waals surface area contributed by atoms with Gasteiger partial charge >= 0.3 is 0 Å². The van der Waals surface area contributed by atoms with Crippen LogP contribution in [0, 0.1) is 13.8 Å². The Morgan fingerprint density at radius 1 is 1.24 bits per heavy atom. The summed E-state index contributed by atoms with van der Waals surface area (Å²) in [6.07, 6.45) is 0.269. The highest BCUT2D eigenvalue weighted by atomic mass is 35.5. The number of likely N-dealkylation sites (N-methyl/N-ethyl adjacent to an activating group) is 1. The Kier molecular flexibility index (Phi) is 7.44. The van der Waals surface area contributed by atoms with Crippen LogP contribution in [0.25, 0.3) is 22.6 Å². The van der Waals surface area contributed by atoms with Crippen molar-refractivity contribution in [3.05, 3.63) is 40.7 Å². The molecule has 2 atom stereocenters. The van der Waals surface area contributed by atoms with E-state index in [1.165, 1.54) is 0 Å². The molecule has 1 aliphatic rings. The Bertz CT molecular complexity index is 1080. The number of rotatable bonds is 9. The second-order valence-electron chi connectivity index (χ2n) is 8.06. The highest BCUT2D eigenvalue weighted by Crippen LogP contribution is 2.32. The monoisotopic (exact) mass is 473 g/mol. The molecule has 0 radical (unpaired) electrons. The van der Waals surface area contributed by atoms with E-state index in [-0.39, 0.29) is 12.6 Å². The SMILES string of the molecule is CNCC(O)COc1cc(Cl)cc(-c2nc(N[C@@H]3CCOC3)cc(-c3c(C)noc3C)n2)c1. The zero-order valence-electron chi connectivity index (χ0n) is 18.9. The maximum Gasteiger partial charge on any atom is 0.162 e. The quantitative estimate of drug-likeness (QED) is 0.430. The summed E-state index contributed by atoms with van der Waals surface area (Å²) in [6, 6.07) is 7.37. The largest absolute Gasteiger partial charge is 0.491 e. The maximum atomic E-state index is 9.95. The van der Waals surface area contributed by atoms with Crippen LogP contribution in [0.3, 0.4) is 0 Å². The summed E-state index contributed by atoms with van der Waals surface area (Å²) in [7, 11) is 1.77. The minimum Gasteiger partial charge on any atom is -0.491 e. The van der Waals surface area contributed by atoms with E-state index < -0.39 is 6.10 Å². The summed E-state index contributed by atoms with van der Waals surface area (Å²) in [5, 5.41) is 20.9. The number of nitrogens with zero attached hydrogens (tertiary/aromatic N) is 3. The van der Waals surface area contributed by atoms with Crippen molar-refractivity contribution < 1.29 is 19.1 Å². The van der Waals surface area contributed by atoms with Gasteiger partial charge in [-0.1, -0.05) is 16.8 Å². The van der Waals surface area contributed by atoms with Gasteiger partial charge < -0.3 is 29.7 Å². The molecule has 0 saturated carbocycles. The van der Waals surface area contributed by atoms with Crippen LogP contribution in [-0.2, 0) is 4.74 Å².